The molecule has 15 heavy (non-hydrogen) atoms. The van der Waals surface area contributed by atoms with E-state index < -0.39 is 0 Å². The van der Waals surface area contributed by atoms with E-state index in [0.717, 1.165) is 17.9 Å². The molecule has 2 nitrogen and oxygen atoms in total. The first-order chi connectivity index (χ1) is 7.33. The summed E-state index contributed by atoms with van der Waals surface area (Å²) in [6.45, 7) is 9.22. The molecule has 0 spiro atoms. The molecule has 0 bridgehead atoms. The number of nitrogens with zero attached hydrogens (tertiary/aromatic N) is 2. The molecule has 2 aliphatic heterocycles. The van der Waals surface area contributed by atoms with Crippen LogP contribution in [0.1, 0.15) is 32.6 Å². The second kappa shape index (κ2) is 4.06. The first kappa shape index (κ1) is 10.1. The average Bonchev–Trinajstić information content (AvgIpc) is 2.98. The number of hydrogen-bond donors (Lipinski definition) is 0. The molecule has 2 saturated heterocycles. The third-order valence-corrected chi connectivity index (χ3v) is 4.64. The van der Waals surface area contributed by atoms with Crippen LogP contribution in [-0.2, 0) is 0 Å². The van der Waals surface area contributed by atoms with Gasteiger partial charge in [0, 0.05) is 32.2 Å². The van der Waals surface area contributed by atoms with E-state index in [4.69, 9.17) is 0 Å². The third kappa shape index (κ3) is 2.21. The van der Waals surface area contributed by atoms with Gasteiger partial charge in [0.15, 0.2) is 0 Å². The molecular weight excluding hydrogens is 184 g/mol. The monoisotopic (exact) mass is 208 g/mol. The molecule has 2 heteroatoms. The zero-order valence-corrected chi connectivity index (χ0v) is 9.99. The van der Waals surface area contributed by atoms with Crippen molar-refractivity contribution in [2.24, 2.45) is 11.8 Å². The highest BCUT2D eigenvalue weighted by Crippen LogP contribution is 2.37. The lowest BCUT2D eigenvalue weighted by atomic mass is 10.0. The van der Waals surface area contributed by atoms with Gasteiger partial charge in [-0.1, -0.05) is 6.92 Å². The fourth-order valence-corrected chi connectivity index (χ4v) is 3.44. The van der Waals surface area contributed by atoms with Crippen LogP contribution in [0.4, 0.5) is 0 Å². The van der Waals surface area contributed by atoms with Crippen LogP contribution >= 0.6 is 0 Å². The first-order valence-corrected chi connectivity index (χ1v) is 6.79. The van der Waals surface area contributed by atoms with Crippen molar-refractivity contribution in [2.75, 3.05) is 32.7 Å². The van der Waals surface area contributed by atoms with Gasteiger partial charge < -0.3 is 4.90 Å². The molecule has 3 aliphatic rings. The number of piperazine rings is 1. The summed E-state index contributed by atoms with van der Waals surface area (Å²) in [5, 5.41) is 0. The van der Waals surface area contributed by atoms with Gasteiger partial charge in [-0.05, 0) is 44.1 Å². The van der Waals surface area contributed by atoms with Gasteiger partial charge in [-0.2, -0.15) is 0 Å². The van der Waals surface area contributed by atoms with Crippen LogP contribution in [0, 0.1) is 11.8 Å². The van der Waals surface area contributed by atoms with Crippen molar-refractivity contribution in [3.05, 3.63) is 0 Å². The van der Waals surface area contributed by atoms with Crippen LogP contribution < -0.4 is 0 Å². The van der Waals surface area contributed by atoms with E-state index in [1.54, 1.807) is 0 Å². The van der Waals surface area contributed by atoms with Crippen LogP contribution in [0.2, 0.25) is 0 Å². The van der Waals surface area contributed by atoms with E-state index in [1.807, 2.05) is 0 Å². The normalized spacial score (nSPS) is 35.4. The Morgan fingerprint density at radius 3 is 2.80 bits per heavy atom. The topological polar surface area (TPSA) is 6.48 Å². The fourth-order valence-electron chi connectivity index (χ4n) is 3.44. The van der Waals surface area contributed by atoms with Crippen LogP contribution in [0.5, 0.6) is 0 Å². The molecule has 0 aromatic heterocycles. The van der Waals surface area contributed by atoms with Gasteiger partial charge in [-0.25, -0.2) is 0 Å². The number of hydrogen-bond acceptors (Lipinski definition) is 2. The summed E-state index contributed by atoms with van der Waals surface area (Å²) in [5.74, 6) is 2.03. The molecule has 1 saturated carbocycles. The lowest BCUT2D eigenvalue weighted by Crippen LogP contribution is -2.51. The highest BCUT2D eigenvalue weighted by Gasteiger charge is 2.33. The predicted molar refractivity (Wildman–Crippen MR) is 62.9 cm³/mol. The summed E-state index contributed by atoms with van der Waals surface area (Å²) in [7, 11) is 0. The van der Waals surface area contributed by atoms with E-state index >= 15 is 0 Å². The fraction of sp³-hybridized carbons (Fsp3) is 1.00. The van der Waals surface area contributed by atoms with Crippen molar-refractivity contribution in [3.63, 3.8) is 0 Å². The van der Waals surface area contributed by atoms with Gasteiger partial charge in [-0.15, -0.1) is 0 Å². The largest absolute Gasteiger partial charge is 0.300 e. The van der Waals surface area contributed by atoms with Crippen molar-refractivity contribution >= 4 is 0 Å². The molecule has 0 amide bonds. The van der Waals surface area contributed by atoms with Gasteiger partial charge in [0.2, 0.25) is 0 Å². The molecule has 3 fully saturated rings. The van der Waals surface area contributed by atoms with Crippen molar-refractivity contribution in [1.29, 1.82) is 0 Å². The second-order valence-electron chi connectivity index (χ2n) is 5.91. The highest BCUT2D eigenvalue weighted by molar-refractivity contribution is 4.88. The molecule has 2 atom stereocenters. The summed E-state index contributed by atoms with van der Waals surface area (Å²) in [6, 6.07) is 0.908. The Morgan fingerprint density at radius 1 is 1.13 bits per heavy atom. The van der Waals surface area contributed by atoms with Crippen LogP contribution in [0.3, 0.4) is 0 Å². The minimum absolute atomic E-state index is 0.908. The minimum Gasteiger partial charge on any atom is -0.300 e. The van der Waals surface area contributed by atoms with Crippen molar-refractivity contribution < 1.29 is 0 Å². The van der Waals surface area contributed by atoms with E-state index in [0.29, 0.717) is 0 Å². The maximum Gasteiger partial charge on any atom is 0.0224 e. The van der Waals surface area contributed by atoms with Gasteiger partial charge in [0.05, 0.1) is 0 Å². The standard InChI is InChI=1S/C13H24N2/c1-11(12-4-5-12)9-14-7-8-15-6-2-3-13(15)10-14/h11-13H,2-10H2,1H3. The minimum atomic E-state index is 0.908. The maximum absolute atomic E-state index is 2.73. The van der Waals surface area contributed by atoms with Gasteiger partial charge >= 0.3 is 0 Å². The molecule has 1 aliphatic carbocycles. The van der Waals surface area contributed by atoms with E-state index in [-0.39, 0.29) is 0 Å². The highest BCUT2D eigenvalue weighted by atomic mass is 15.3. The number of rotatable bonds is 3. The van der Waals surface area contributed by atoms with Crippen molar-refractivity contribution in [3.8, 4) is 0 Å². The quantitative estimate of drug-likeness (QED) is 0.698. The average molecular weight is 208 g/mol. The molecule has 0 radical (unpaired) electrons. The summed E-state index contributed by atoms with van der Waals surface area (Å²) < 4.78 is 0. The van der Waals surface area contributed by atoms with Crippen LogP contribution in [-0.4, -0.2) is 48.6 Å². The molecule has 0 aromatic rings. The van der Waals surface area contributed by atoms with Crippen LogP contribution in [0.25, 0.3) is 0 Å². The molecular formula is C13H24N2. The molecule has 0 N–H and O–H groups in total. The smallest absolute Gasteiger partial charge is 0.0224 e. The predicted octanol–water partition coefficient (Wildman–Crippen LogP) is 1.81. The molecule has 86 valence electrons. The molecule has 3 rings (SSSR count). The molecule has 2 unspecified atom stereocenters. The first-order valence-electron chi connectivity index (χ1n) is 6.79. The summed E-state index contributed by atoms with van der Waals surface area (Å²) in [6.07, 6.45) is 5.90. The van der Waals surface area contributed by atoms with Gasteiger partial charge in [0.1, 0.15) is 0 Å². The Kier molecular flexibility index (Phi) is 2.73. The molecule has 2 heterocycles. The lowest BCUT2D eigenvalue weighted by Gasteiger charge is -2.38. The molecule has 0 aromatic carbocycles. The Balaban J connectivity index is 1.50. The zero-order valence-electron chi connectivity index (χ0n) is 9.99. The lowest BCUT2D eigenvalue weighted by molar-refractivity contribution is 0.0910. The third-order valence-electron chi connectivity index (χ3n) is 4.64. The number of fused-ring (bicyclic) bond motifs is 1. The van der Waals surface area contributed by atoms with Crippen molar-refractivity contribution in [2.45, 2.75) is 38.6 Å². The maximum atomic E-state index is 2.73. The Hall–Kier alpha value is -0.0800. The van der Waals surface area contributed by atoms with Crippen LogP contribution in [0.15, 0.2) is 0 Å². The summed E-state index contributed by atoms with van der Waals surface area (Å²) >= 11 is 0. The summed E-state index contributed by atoms with van der Waals surface area (Å²) in [4.78, 5) is 5.44. The Labute approximate surface area is 93.6 Å². The van der Waals surface area contributed by atoms with Gasteiger partial charge in [-0.3, -0.25) is 4.90 Å². The second-order valence-corrected chi connectivity index (χ2v) is 5.91. The zero-order chi connectivity index (χ0) is 10.3. The van der Waals surface area contributed by atoms with E-state index in [1.165, 1.54) is 58.4 Å². The van der Waals surface area contributed by atoms with E-state index in [2.05, 4.69) is 16.7 Å². The summed E-state index contributed by atoms with van der Waals surface area (Å²) in [5.41, 5.74) is 0. The van der Waals surface area contributed by atoms with E-state index in [9.17, 15) is 0 Å². The Morgan fingerprint density at radius 2 is 2.00 bits per heavy atom. The SMILES string of the molecule is CC(CN1CCN2CCCC2C1)C1CC1. The Bertz CT molecular complexity index is 223. The van der Waals surface area contributed by atoms with Crippen molar-refractivity contribution in [1.82, 2.24) is 9.80 Å². The van der Waals surface area contributed by atoms with Gasteiger partial charge in [0.25, 0.3) is 0 Å².